The molecule has 29 heteroatoms. The average Bonchev–Trinajstić information content (AvgIpc) is 1.67. The minimum absolute atomic E-state index is 0.00263. The molecule has 0 aliphatic carbocycles. The lowest BCUT2D eigenvalue weighted by Crippen LogP contribution is -2.61. The van der Waals surface area contributed by atoms with Crippen molar-refractivity contribution in [1.82, 2.24) is 77.0 Å². The van der Waals surface area contributed by atoms with Crippen molar-refractivity contribution in [1.29, 1.82) is 0 Å². The third-order valence-electron chi connectivity index (χ3n) is 20.1. The number of hydrogen-bond donors (Lipinski definition) is 8. The second kappa shape index (κ2) is 34.5. The van der Waals surface area contributed by atoms with E-state index >= 15 is 24.0 Å². The van der Waals surface area contributed by atoms with E-state index in [4.69, 9.17) is 14.2 Å². The van der Waals surface area contributed by atoms with Gasteiger partial charge in [-0.15, -0.1) is 10.2 Å². The molecule has 0 saturated carbocycles. The summed E-state index contributed by atoms with van der Waals surface area (Å²) in [6, 6.07) is 24.4. The van der Waals surface area contributed by atoms with Crippen LogP contribution in [0, 0.1) is 16.7 Å². The maximum atomic E-state index is 15.3. The van der Waals surface area contributed by atoms with Crippen molar-refractivity contribution in [3.63, 3.8) is 0 Å². The number of rotatable bonds is 14. The Kier molecular flexibility index (Phi) is 25.4. The number of carboxylic acid groups (broad SMARTS) is 1. The van der Waals surface area contributed by atoms with Crippen LogP contribution in [0.25, 0.3) is 10.8 Å². The number of carbonyl (C=O) groups is 10. The van der Waals surface area contributed by atoms with Crippen LogP contribution >= 0.6 is 0 Å². The predicted molar refractivity (Wildman–Crippen MR) is 393 cm³/mol. The predicted octanol–water partition coefficient (Wildman–Crippen LogP) is 4.31. The Morgan fingerprint density at radius 1 is 0.570 bits per heavy atom. The number of ether oxygens (including phenoxy) is 3. The van der Waals surface area contributed by atoms with Gasteiger partial charge in [-0.2, -0.15) is 0 Å². The molecule has 13 rings (SSSR count). The summed E-state index contributed by atoms with van der Waals surface area (Å²) in [4.78, 5) is 147. The van der Waals surface area contributed by atoms with Gasteiger partial charge in [-0.3, -0.25) is 43.2 Å². The van der Waals surface area contributed by atoms with Crippen LogP contribution in [0.15, 0.2) is 134 Å². The van der Waals surface area contributed by atoms with Gasteiger partial charge in [0.15, 0.2) is 5.78 Å². The third kappa shape index (κ3) is 20.0. The van der Waals surface area contributed by atoms with E-state index in [0.717, 1.165) is 10.8 Å². The van der Waals surface area contributed by atoms with Crippen molar-refractivity contribution in [3.05, 3.63) is 167 Å². The highest BCUT2D eigenvalue weighted by Crippen LogP contribution is 2.34. The molecule has 0 spiro atoms. The van der Waals surface area contributed by atoms with Crippen LogP contribution in [0.3, 0.4) is 0 Å². The van der Waals surface area contributed by atoms with Crippen molar-refractivity contribution >= 4 is 69.8 Å². The molecule has 12 bridgehead atoms. The number of aromatic nitrogens is 6. The number of methoxy groups -OCH3 is 1. The molecule has 0 radical (unpaired) electrons. The summed E-state index contributed by atoms with van der Waals surface area (Å²) in [7, 11) is 4.43. The van der Waals surface area contributed by atoms with E-state index in [1.165, 1.54) is 26.3 Å². The fourth-order valence-corrected chi connectivity index (χ4v) is 13.5. The zero-order valence-corrected chi connectivity index (χ0v) is 62.2. The van der Waals surface area contributed by atoms with Gasteiger partial charge in [0.1, 0.15) is 72.4 Å². The van der Waals surface area contributed by atoms with Crippen LogP contribution in [0.2, 0.25) is 0 Å². The number of carbonyl (C=O) groups excluding carboxylic acids is 9. The lowest BCUT2D eigenvalue weighted by atomic mass is 9.85. The Bertz CT molecular complexity index is 4340. The maximum Gasteiger partial charge on any atom is 0.328 e. The number of ketones is 1. The first kappa shape index (κ1) is 78.6. The fraction of sp³-hybridized carbons (Fsp3) is 0.462. The highest BCUT2D eigenvalue weighted by Gasteiger charge is 2.49. The van der Waals surface area contributed by atoms with E-state index in [-0.39, 0.29) is 64.8 Å². The van der Waals surface area contributed by atoms with Gasteiger partial charge in [0.05, 0.1) is 55.6 Å². The smallest absolute Gasteiger partial charge is 0.328 e. The molecule has 2 aromatic heterocycles. The van der Waals surface area contributed by atoms with Gasteiger partial charge in [0.25, 0.3) is 0 Å². The number of fused-ring (bicyclic) bond motifs is 1. The normalized spacial score (nSPS) is 21.9. The number of benzene rings is 5. The van der Waals surface area contributed by atoms with Crippen LogP contribution in [-0.4, -0.2) is 193 Å². The Morgan fingerprint density at radius 2 is 1.04 bits per heavy atom. The molecule has 5 aromatic carbocycles. The number of Topliss-reactive ketones (excluding diaryl/α,β-unsaturated/α-hetero) is 1. The summed E-state index contributed by atoms with van der Waals surface area (Å²) >= 11 is 0. The van der Waals surface area contributed by atoms with Gasteiger partial charge in [-0.25, -0.2) is 14.2 Å². The molecule has 7 aromatic rings. The number of nitrogens with zero attached hydrogens (tertiary/aromatic N) is 8. The number of hydrogen-bond acceptors (Lipinski definition) is 19. The highest BCUT2D eigenvalue weighted by atomic mass is 16.5. The van der Waals surface area contributed by atoms with Gasteiger partial charge in [-0.05, 0) is 109 Å². The molecule has 2 saturated heterocycles. The van der Waals surface area contributed by atoms with E-state index in [0.29, 0.717) is 45.1 Å². The standard InChI is InChI=1S/C78H97N15O14/c1-45(79-9)68(95)84-66(77(3,4)5)73(100)90-41-56-37-63(90)71(98)81-60(33-47-17-13-12-14-18-47)65(94)36-53(75(102)103)31-48-22-27-58(28-23-48)106-43-54-40-93(89-86-54)57-38-64(91(42-57)74(101)67(78(6,7)8)85-69(96)46(2)80-10)72(99)82-61(35-50-21-26-51-19-15-16-20-52(51)32-50)70(97)83-62(76(104)105-11)34-49-24-29-59(30-25-49)107-44-55-39-92(56)88-87-55/h12-30,32,39-40,45-46,53,56-57,60-64,66-67,79-80H,31,33-38,41-44H2,1-11H3,(H,81,98)(H,82,99)(H,83,97)(H,84,95)(H,85,96)(H,102,103)/t45-,46-,53+,56-,57-,60-,61-,62-,63-,64-,66+,67+/m0/s1. The largest absolute Gasteiger partial charge is 0.487 e. The SMILES string of the molecule is CN[C@@H](C)C(=O)N[C@H](C(=O)N1C[C@@H]2C[C@H]1C(=O)N[C@@H](Cc1ccccc1)C(=O)C[C@H](C(=O)O)Cc1ccc(cc1)OCc1cn(nn1)[C@H]1C[C@@H](C(=O)N[C@@H](Cc3ccc4ccccc4c3)C(=O)N[C@H](C(=O)OC)Cc3ccc(cc3)OCc3cn2nn3)N(C(=O)[C@@H](NC(=O)[C@H](C)NC)C(C)(C)C)C1)C(C)(C)C. The van der Waals surface area contributed by atoms with Crippen molar-refractivity contribution in [2.75, 3.05) is 34.3 Å². The summed E-state index contributed by atoms with van der Waals surface area (Å²) < 4.78 is 20.7. The van der Waals surface area contributed by atoms with E-state index in [1.807, 2.05) is 42.5 Å². The van der Waals surface area contributed by atoms with Crippen LogP contribution < -0.4 is 46.7 Å². The number of esters is 1. The van der Waals surface area contributed by atoms with E-state index in [2.05, 4.69) is 57.8 Å². The summed E-state index contributed by atoms with van der Waals surface area (Å²) in [5, 5.41) is 50.6. The molecule has 6 aliphatic heterocycles. The van der Waals surface area contributed by atoms with Crippen molar-refractivity contribution < 1.29 is 67.3 Å². The molecular formula is C78H97N15O14. The zero-order chi connectivity index (χ0) is 77.0. The van der Waals surface area contributed by atoms with E-state index < -0.39 is 149 Å². The molecule has 7 amide bonds. The fourth-order valence-electron chi connectivity index (χ4n) is 13.5. The first-order chi connectivity index (χ1) is 51.0. The second-order valence-corrected chi connectivity index (χ2v) is 30.1. The molecule has 8 N–H and O–H groups in total. The summed E-state index contributed by atoms with van der Waals surface area (Å²) in [5.74, 6) is -7.16. The number of likely N-dealkylation sites (N-methyl/N-ethyl adjacent to an activating group) is 2. The number of carboxylic acids is 1. The molecule has 107 heavy (non-hydrogen) atoms. The molecule has 29 nitrogen and oxygen atoms in total. The lowest BCUT2D eigenvalue weighted by Gasteiger charge is -2.36. The second-order valence-electron chi connectivity index (χ2n) is 30.1. The first-order valence-corrected chi connectivity index (χ1v) is 36.0. The minimum Gasteiger partial charge on any atom is -0.487 e. The molecule has 12 atom stereocenters. The average molecular weight is 1470 g/mol. The molecule has 6 aliphatic rings. The van der Waals surface area contributed by atoms with Crippen molar-refractivity contribution in [2.24, 2.45) is 16.7 Å². The number of aliphatic carboxylic acids is 1. The van der Waals surface area contributed by atoms with E-state index in [1.54, 1.807) is 161 Å². The van der Waals surface area contributed by atoms with Crippen LogP contribution in [0.1, 0.15) is 120 Å². The van der Waals surface area contributed by atoms with Crippen LogP contribution in [-0.2, 0) is 91.6 Å². The Labute approximate surface area is 621 Å². The topological polar surface area (TPSA) is 371 Å². The number of likely N-dealkylation sites (tertiary alicyclic amines) is 2. The molecule has 8 heterocycles. The van der Waals surface area contributed by atoms with E-state index in [9.17, 15) is 29.1 Å². The van der Waals surface area contributed by atoms with Gasteiger partial charge in [-0.1, -0.05) is 149 Å². The molecular weight excluding hydrogens is 1370 g/mol. The van der Waals surface area contributed by atoms with Crippen LogP contribution in [0.5, 0.6) is 11.5 Å². The molecule has 2 fully saturated rings. The Balaban J connectivity index is 0.982. The van der Waals surface area contributed by atoms with Crippen molar-refractivity contribution in [2.45, 2.75) is 180 Å². The Hall–Kier alpha value is -10.9. The quantitative estimate of drug-likeness (QED) is 0.0703. The Morgan fingerprint density at radius 3 is 1.51 bits per heavy atom. The summed E-state index contributed by atoms with van der Waals surface area (Å²) in [6.07, 6.45) is 2.57. The minimum atomic E-state index is -1.34. The number of nitrogens with one attached hydrogen (secondary N) is 7. The van der Waals surface area contributed by atoms with Gasteiger partial charge in [0.2, 0.25) is 41.4 Å². The summed E-state index contributed by atoms with van der Waals surface area (Å²) in [5.41, 5.74) is 1.51. The lowest BCUT2D eigenvalue weighted by molar-refractivity contribution is -0.146. The maximum absolute atomic E-state index is 15.3. The molecule has 0 unspecified atom stereocenters. The zero-order valence-electron chi connectivity index (χ0n) is 62.2. The molecule has 568 valence electrons. The van der Waals surface area contributed by atoms with Gasteiger partial charge in [0, 0.05) is 45.2 Å². The van der Waals surface area contributed by atoms with Crippen LogP contribution in [0.4, 0.5) is 0 Å². The highest BCUT2D eigenvalue weighted by molar-refractivity contribution is 5.98. The van der Waals surface area contributed by atoms with Gasteiger partial charge < -0.3 is 66.3 Å². The van der Waals surface area contributed by atoms with Crippen molar-refractivity contribution in [3.8, 4) is 11.5 Å². The number of amides is 7. The van der Waals surface area contributed by atoms with Gasteiger partial charge >= 0.3 is 11.9 Å². The first-order valence-electron chi connectivity index (χ1n) is 36.0. The monoisotopic (exact) mass is 1470 g/mol. The summed E-state index contributed by atoms with van der Waals surface area (Å²) in [6.45, 7) is 13.8. The third-order valence-corrected chi connectivity index (χ3v) is 20.1.